The third-order valence-corrected chi connectivity index (χ3v) is 2.40. The molecule has 1 aliphatic heterocycles. The molecular formula is C10H18N2O3. The summed E-state index contributed by atoms with van der Waals surface area (Å²) in [6, 6.07) is 0. The van der Waals surface area contributed by atoms with Crippen LogP contribution in [0.5, 0.6) is 0 Å². The number of carboxylic acids is 1. The van der Waals surface area contributed by atoms with Crippen LogP contribution in [0.3, 0.4) is 0 Å². The van der Waals surface area contributed by atoms with Gasteiger partial charge in [-0.2, -0.15) is 5.10 Å². The molecule has 1 aliphatic rings. The van der Waals surface area contributed by atoms with Crippen molar-refractivity contribution >= 4 is 11.7 Å². The van der Waals surface area contributed by atoms with Gasteiger partial charge >= 0.3 is 5.97 Å². The molecule has 5 nitrogen and oxygen atoms in total. The normalized spacial score (nSPS) is 24.6. The summed E-state index contributed by atoms with van der Waals surface area (Å²) in [7, 11) is 0. The number of hydrogen-bond donors (Lipinski definition) is 3. The lowest BCUT2D eigenvalue weighted by molar-refractivity contribution is -0.140. The van der Waals surface area contributed by atoms with Crippen LogP contribution >= 0.6 is 0 Å². The Morgan fingerprint density at radius 1 is 1.60 bits per heavy atom. The topological polar surface area (TPSA) is 81.9 Å². The number of aliphatic hydroxyl groups is 1. The van der Waals surface area contributed by atoms with Crippen molar-refractivity contribution in [1.82, 2.24) is 5.43 Å². The summed E-state index contributed by atoms with van der Waals surface area (Å²) in [5.41, 5.74) is 1.77. The first-order valence-electron chi connectivity index (χ1n) is 4.92. The van der Waals surface area contributed by atoms with Crippen molar-refractivity contribution in [3.05, 3.63) is 0 Å². The molecule has 86 valence electrons. The fourth-order valence-corrected chi connectivity index (χ4v) is 1.80. The lowest BCUT2D eigenvalue weighted by atomic mass is 9.82. The Bertz CT molecular complexity index is 302. The molecular weight excluding hydrogens is 196 g/mol. The van der Waals surface area contributed by atoms with Gasteiger partial charge in [0.25, 0.3) is 0 Å². The molecule has 15 heavy (non-hydrogen) atoms. The summed E-state index contributed by atoms with van der Waals surface area (Å²) in [5, 5.41) is 22.8. The van der Waals surface area contributed by atoms with Crippen molar-refractivity contribution in [3.8, 4) is 0 Å². The third kappa shape index (κ3) is 2.68. The minimum Gasteiger partial charge on any atom is -0.481 e. The lowest BCUT2D eigenvalue weighted by Gasteiger charge is -2.25. The second-order valence-corrected chi connectivity index (χ2v) is 5.20. The number of carbonyl (C=O) groups is 1. The van der Waals surface area contributed by atoms with Gasteiger partial charge < -0.3 is 15.6 Å². The van der Waals surface area contributed by atoms with Crippen LogP contribution in [-0.4, -0.2) is 33.0 Å². The van der Waals surface area contributed by atoms with Crippen LogP contribution in [0.4, 0.5) is 0 Å². The maximum atomic E-state index is 11.1. The monoisotopic (exact) mass is 214 g/mol. The minimum absolute atomic E-state index is 0.264. The van der Waals surface area contributed by atoms with E-state index in [-0.39, 0.29) is 6.42 Å². The van der Waals surface area contributed by atoms with E-state index < -0.39 is 23.0 Å². The van der Waals surface area contributed by atoms with Crippen molar-refractivity contribution in [3.63, 3.8) is 0 Å². The van der Waals surface area contributed by atoms with Gasteiger partial charge in [-0.05, 0) is 27.7 Å². The summed E-state index contributed by atoms with van der Waals surface area (Å²) in [6.07, 6.45) is 0.264. The standard InChI is InChI=1S/C10H18N2O3/c1-9(2,15)5-6-7(8(13)14)10(3,4)12-11-6/h7,12,15H,5H2,1-4H3,(H,13,14). The molecule has 0 spiro atoms. The fraction of sp³-hybridized carbons (Fsp3) is 0.800. The molecule has 0 aliphatic carbocycles. The molecule has 1 heterocycles. The zero-order chi connectivity index (χ0) is 11.9. The van der Waals surface area contributed by atoms with Crippen LogP contribution in [0, 0.1) is 5.92 Å². The first kappa shape index (κ1) is 12.0. The van der Waals surface area contributed by atoms with Crippen LogP contribution in [0.2, 0.25) is 0 Å². The average molecular weight is 214 g/mol. The first-order valence-corrected chi connectivity index (χ1v) is 4.92. The summed E-state index contributed by atoms with van der Waals surface area (Å²) < 4.78 is 0. The van der Waals surface area contributed by atoms with E-state index in [9.17, 15) is 9.90 Å². The summed E-state index contributed by atoms with van der Waals surface area (Å²) in [5.74, 6) is -1.59. The zero-order valence-corrected chi connectivity index (χ0v) is 9.53. The van der Waals surface area contributed by atoms with E-state index in [0.29, 0.717) is 5.71 Å². The largest absolute Gasteiger partial charge is 0.481 e. The van der Waals surface area contributed by atoms with Gasteiger partial charge in [0.05, 0.1) is 16.9 Å². The summed E-state index contributed by atoms with van der Waals surface area (Å²) in [6.45, 7) is 6.85. The van der Waals surface area contributed by atoms with Crippen LogP contribution in [0.15, 0.2) is 5.10 Å². The number of rotatable bonds is 3. The second kappa shape index (κ2) is 3.48. The van der Waals surface area contributed by atoms with Crippen molar-refractivity contribution < 1.29 is 15.0 Å². The van der Waals surface area contributed by atoms with E-state index in [4.69, 9.17) is 5.11 Å². The number of nitrogens with zero attached hydrogens (tertiary/aromatic N) is 1. The van der Waals surface area contributed by atoms with Gasteiger partial charge in [0.15, 0.2) is 0 Å². The highest BCUT2D eigenvalue weighted by Gasteiger charge is 2.44. The minimum atomic E-state index is -0.936. The predicted molar refractivity (Wildman–Crippen MR) is 56.7 cm³/mol. The molecule has 0 aromatic rings. The maximum absolute atomic E-state index is 11.1. The predicted octanol–water partition coefficient (Wildman–Crippen LogP) is 0.586. The average Bonchev–Trinajstić information content (AvgIpc) is 2.22. The van der Waals surface area contributed by atoms with Crippen LogP contribution in [0.25, 0.3) is 0 Å². The number of hydrazone groups is 1. The molecule has 1 unspecified atom stereocenters. The first-order chi connectivity index (χ1) is 6.63. The maximum Gasteiger partial charge on any atom is 0.314 e. The van der Waals surface area contributed by atoms with E-state index in [1.54, 1.807) is 27.7 Å². The van der Waals surface area contributed by atoms with E-state index in [1.807, 2.05) is 0 Å². The van der Waals surface area contributed by atoms with E-state index in [2.05, 4.69) is 10.5 Å². The van der Waals surface area contributed by atoms with Gasteiger partial charge in [-0.3, -0.25) is 4.79 Å². The molecule has 0 radical (unpaired) electrons. The molecule has 0 fully saturated rings. The third-order valence-electron chi connectivity index (χ3n) is 2.40. The molecule has 1 rings (SSSR count). The Morgan fingerprint density at radius 2 is 2.13 bits per heavy atom. The SMILES string of the molecule is CC(C)(O)CC1=NNC(C)(C)C1C(=O)O. The van der Waals surface area contributed by atoms with Crippen molar-refractivity contribution in [1.29, 1.82) is 0 Å². The Morgan fingerprint density at radius 3 is 2.53 bits per heavy atom. The quantitative estimate of drug-likeness (QED) is 0.642. The smallest absolute Gasteiger partial charge is 0.314 e. The Balaban J connectivity index is 2.87. The zero-order valence-electron chi connectivity index (χ0n) is 9.53. The fourth-order valence-electron chi connectivity index (χ4n) is 1.80. The number of nitrogens with one attached hydrogen (secondary N) is 1. The molecule has 1 atom stereocenters. The lowest BCUT2D eigenvalue weighted by Crippen LogP contribution is -2.45. The molecule has 0 bridgehead atoms. The van der Waals surface area contributed by atoms with Gasteiger partial charge in [-0.25, -0.2) is 0 Å². The molecule has 3 N–H and O–H groups in total. The van der Waals surface area contributed by atoms with Crippen molar-refractivity contribution in [2.45, 2.75) is 45.3 Å². The summed E-state index contributed by atoms with van der Waals surface area (Å²) in [4.78, 5) is 11.1. The molecule has 0 saturated heterocycles. The van der Waals surface area contributed by atoms with Crippen LogP contribution in [-0.2, 0) is 4.79 Å². The van der Waals surface area contributed by atoms with Gasteiger partial charge in [0, 0.05) is 6.42 Å². The highest BCUT2D eigenvalue weighted by molar-refractivity contribution is 6.04. The highest BCUT2D eigenvalue weighted by Crippen LogP contribution is 2.28. The number of aliphatic carboxylic acids is 1. The molecule has 0 aromatic heterocycles. The van der Waals surface area contributed by atoms with E-state index >= 15 is 0 Å². The van der Waals surface area contributed by atoms with Gasteiger partial charge in [0.1, 0.15) is 5.92 Å². The Kier molecular flexibility index (Phi) is 2.78. The Hall–Kier alpha value is -1.10. The van der Waals surface area contributed by atoms with E-state index in [1.165, 1.54) is 0 Å². The molecule has 0 amide bonds. The Labute approximate surface area is 89.2 Å². The van der Waals surface area contributed by atoms with Crippen LogP contribution < -0.4 is 5.43 Å². The molecule has 0 aromatic carbocycles. The van der Waals surface area contributed by atoms with Crippen molar-refractivity contribution in [2.24, 2.45) is 11.0 Å². The van der Waals surface area contributed by atoms with E-state index in [0.717, 1.165) is 0 Å². The van der Waals surface area contributed by atoms with Gasteiger partial charge in [0.2, 0.25) is 0 Å². The number of carboxylic acid groups (broad SMARTS) is 1. The highest BCUT2D eigenvalue weighted by atomic mass is 16.4. The number of hydrogen-bond acceptors (Lipinski definition) is 4. The van der Waals surface area contributed by atoms with Crippen molar-refractivity contribution in [2.75, 3.05) is 0 Å². The second-order valence-electron chi connectivity index (χ2n) is 5.20. The molecule has 5 heteroatoms. The van der Waals surface area contributed by atoms with Gasteiger partial charge in [-0.1, -0.05) is 0 Å². The summed E-state index contributed by atoms with van der Waals surface area (Å²) >= 11 is 0. The molecule has 0 saturated carbocycles. The van der Waals surface area contributed by atoms with Crippen LogP contribution in [0.1, 0.15) is 34.1 Å². The van der Waals surface area contributed by atoms with Gasteiger partial charge in [-0.15, -0.1) is 0 Å².